The van der Waals surface area contributed by atoms with Gasteiger partial charge in [-0.2, -0.15) is 4.98 Å². The Morgan fingerprint density at radius 3 is 2.48 bits per heavy atom. The van der Waals surface area contributed by atoms with Gasteiger partial charge in [0.25, 0.3) is 5.88 Å². The number of pyridine rings is 1. The average Bonchev–Trinajstić information content (AvgIpc) is 3.29. The van der Waals surface area contributed by atoms with Crippen molar-refractivity contribution in [1.82, 2.24) is 24.8 Å². The molecule has 0 N–H and O–H groups in total. The Morgan fingerprint density at radius 2 is 1.81 bits per heavy atom. The van der Waals surface area contributed by atoms with Gasteiger partial charge in [-0.15, -0.1) is 0 Å². The normalized spacial score (nSPS) is 18.9. The molecule has 0 bridgehead atoms. The van der Waals surface area contributed by atoms with Crippen LogP contribution in [0, 0.1) is 6.92 Å². The Morgan fingerprint density at radius 1 is 1.06 bits per heavy atom. The van der Waals surface area contributed by atoms with Crippen molar-refractivity contribution in [2.24, 2.45) is 0 Å². The standard InChI is InChI=1S/C24H37N5O2/c1-17(2)29-13-8-19(9-14-29)22-20-16-21(30-4)24(27-23(20)26-18(3)25-22)31-15-7-12-28-10-5-6-11-28/h16-17,19H,5-15H2,1-4H3. The lowest BCUT2D eigenvalue weighted by atomic mass is 9.91. The molecule has 0 amide bonds. The van der Waals surface area contributed by atoms with Crippen molar-refractivity contribution in [1.29, 1.82) is 0 Å². The van der Waals surface area contributed by atoms with Crippen molar-refractivity contribution in [2.45, 2.75) is 64.8 Å². The van der Waals surface area contributed by atoms with E-state index in [4.69, 9.17) is 19.4 Å². The summed E-state index contributed by atoms with van der Waals surface area (Å²) in [5.74, 6) is 2.40. The molecular weight excluding hydrogens is 390 g/mol. The van der Waals surface area contributed by atoms with Crippen LogP contribution in [-0.4, -0.2) is 77.2 Å². The molecule has 170 valence electrons. The molecular formula is C24H37N5O2. The van der Waals surface area contributed by atoms with Crippen molar-refractivity contribution in [3.63, 3.8) is 0 Å². The number of ether oxygens (including phenoxy) is 2. The van der Waals surface area contributed by atoms with Gasteiger partial charge >= 0.3 is 0 Å². The molecule has 2 aliphatic heterocycles. The van der Waals surface area contributed by atoms with Gasteiger partial charge in [-0.05, 0) is 85.1 Å². The fourth-order valence-corrected chi connectivity index (χ4v) is 4.87. The lowest BCUT2D eigenvalue weighted by molar-refractivity contribution is 0.171. The van der Waals surface area contributed by atoms with Crippen LogP contribution in [0.15, 0.2) is 6.07 Å². The van der Waals surface area contributed by atoms with Crippen LogP contribution in [0.1, 0.15) is 63.4 Å². The zero-order valence-electron chi connectivity index (χ0n) is 19.6. The monoisotopic (exact) mass is 427 g/mol. The van der Waals surface area contributed by atoms with E-state index in [9.17, 15) is 0 Å². The van der Waals surface area contributed by atoms with E-state index in [0.29, 0.717) is 35.8 Å². The van der Waals surface area contributed by atoms with Crippen molar-refractivity contribution < 1.29 is 9.47 Å². The predicted molar refractivity (Wildman–Crippen MR) is 123 cm³/mol. The summed E-state index contributed by atoms with van der Waals surface area (Å²) in [4.78, 5) is 19.3. The second-order valence-corrected chi connectivity index (χ2v) is 9.18. The first kappa shape index (κ1) is 22.2. The number of likely N-dealkylation sites (tertiary alicyclic amines) is 2. The van der Waals surface area contributed by atoms with E-state index in [0.717, 1.165) is 55.8 Å². The fourth-order valence-electron chi connectivity index (χ4n) is 4.87. The fraction of sp³-hybridized carbons (Fsp3) is 0.708. The van der Waals surface area contributed by atoms with E-state index < -0.39 is 0 Å². The number of fused-ring (bicyclic) bond motifs is 1. The molecule has 0 spiro atoms. The van der Waals surface area contributed by atoms with E-state index >= 15 is 0 Å². The molecule has 0 aromatic carbocycles. The second kappa shape index (κ2) is 10.1. The van der Waals surface area contributed by atoms with Gasteiger partial charge in [0.05, 0.1) is 19.4 Å². The zero-order chi connectivity index (χ0) is 21.8. The van der Waals surface area contributed by atoms with Crippen LogP contribution in [0.2, 0.25) is 0 Å². The van der Waals surface area contributed by atoms with Gasteiger partial charge in [0.1, 0.15) is 5.82 Å². The Balaban J connectivity index is 1.51. The molecule has 4 heterocycles. The van der Waals surface area contributed by atoms with Gasteiger partial charge in [0.2, 0.25) is 0 Å². The minimum atomic E-state index is 0.429. The third-order valence-corrected chi connectivity index (χ3v) is 6.68. The third-order valence-electron chi connectivity index (χ3n) is 6.68. The molecule has 2 aromatic rings. The van der Waals surface area contributed by atoms with E-state index in [1.807, 2.05) is 13.0 Å². The summed E-state index contributed by atoms with van der Waals surface area (Å²) >= 11 is 0. The SMILES string of the molecule is COc1cc2c(C3CCN(C(C)C)CC3)nc(C)nc2nc1OCCCN1CCCC1. The second-order valence-electron chi connectivity index (χ2n) is 9.18. The van der Waals surface area contributed by atoms with Gasteiger partial charge in [-0.1, -0.05) is 0 Å². The highest BCUT2D eigenvalue weighted by Crippen LogP contribution is 2.35. The van der Waals surface area contributed by atoms with Crippen LogP contribution in [0.25, 0.3) is 11.0 Å². The Hall–Kier alpha value is -1.99. The smallest absolute Gasteiger partial charge is 0.259 e. The first-order valence-corrected chi connectivity index (χ1v) is 11.9. The van der Waals surface area contributed by atoms with Gasteiger partial charge < -0.3 is 19.3 Å². The predicted octanol–water partition coefficient (Wildman–Crippen LogP) is 3.79. The third kappa shape index (κ3) is 5.26. The molecule has 2 aliphatic rings. The average molecular weight is 428 g/mol. The van der Waals surface area contributed by atoms with Crippen LogP contribution in [-0.2, 0) is 0 Å². The molecule has 0 atom stereocenters. The van der Waals surface area contributed by atoms with Gasteiger partial charge in [-0.25, -0.2) is 9.97 Å². The number of hydrogen-bond donors (Lipinski definition) is 0. The number of aromatic nitrogens is 3. The van der Waals surface area contributed by atoms with E-state index in [1.165, 1.54) is 25.9 Å². The van der Waals surface area contributed by atoms with Crippen molar-refractivity contribution >= 4 is 11.0 Å². The van der Waals surface area contributed by atoms with Crippen LogP contribution < -0.4 is 9.47 Å². The number of rotatable bonds is 8. The first-order chi connectivity index (χ1) is 15.0. The number of hydrogen-bond acceptors (Lipinski definition) is 7. The van der Waals surface area contributed by atoms with E-state index in [2.05, 4.69) is 28.6 Å². The first-order valence-electron chi connectivity index (χ1n) is 11.9. The molecule has 4 rings (SSSR count). The Kier molecular flexibility index (Phi) is 7.23. The maximum absolute atomic E-state index is 6.03. The quantitative estimate of drug-likeness (QED) is 0.594. The van der Waals surface area contributed by atoms with Crippen LogP contribution in [0.4, 0.5) is 0 Å². The molecule has 7 heteroatoms. The molecule has 0 radical (unpaired) electrons. The number of nitrogens with zero attached hydrogens (tertiary/aromatic N) is 5. The maximum Gasteiger partial charge on any atom is 0.259 e. The molecule has 2 fully saturated rings. The summed E-state index contributed by atoms with van der Waals surface area (Å²) in [7, 11) is 1.68. The van der Waals surface area contributed by atoms with Crippen molar-refractivity contribution in [3.8, 4) is 11.6 Å². The minimum absolute atomic E-state index is 0.429. The van der Waals surface area contributed by atoms with E-state index in [-0.39, 0.29) is 0 Å². The van der Waals surface area contributed by atoms with Crippen LogP contribution >= 0.6 is 0 Å². The van der Waals surface area contributed by atoms with Gasteiger partial charge in [0, 0.05) is 23.9 Å². The number of piperidine rings is 1. The molecule has 0 aliphatic carbocycles. The summed E-state index contributed by atoms with van der Waals surface area (Å²) in [5, 5.41) is 0.995. The largest absolute Gasteiger partial charge is 0.491 e. The summed E-state index contributed by atoms with van der Waals surface area (Å²) in [6.45, 7) is 12.9. The van der Waals surface area contributed by atoms with Crippen LogP contribution in [0.3, 0.4) is 0 Å². The van der Waals surface area contributed by atoms with Gasteiger partial charge in [-0.3, -0.25) is 0 Å². The topological polar surface area (TPSA) is 63.6 Å². The number of aryl methyl sites for hydroxylation is 1. The molecule has 31 heavy (non-hydrogen) atoms. The number of methoxy groups -OCH3 is 1. The highest BCUT2D eigenvalue weighted by atomic mass is 16.5. The lowest BCUT2D eigenvalue weighted by Crippen LogP contribution is -2.38. The molecule has 7 nitrogen and oxygen atoms in total. The molecule has 2 aromatic heterocycles. The van der Waals surface area contributed by atoms with Crippen LogP contribution in [0.5, 0.6) is 11.6 Å². The Labute approximate surface area is 186 Å². The summed E-state index contributed by atoms with van der Waals surface area (Å²) in [6.07, 6.45) is 5.85. The summed E-state index contributed by atoms with van der Waals surface area (Å²) in [5.41, 5.74) is 1.82. The lowest BCUT2D eigenvalue weighted by Gasteiger charge is -2.34. The maximum atomic E-state index is 6.03. The summed E-state index contributed by atoms with van der Waals surface area (Å²) in [6, 6.07) is 2.62. The highest BCUT2D eigenvalue weighted by molar-refractivity contribution is 5.80. The molecule has 0 saturated carbocycles. The zero-order valence-corrected chi connectivity index (χ0v) is 19.6. The van der Waals surface area contributed by atoms with Crippen molar-refractivity contribution in [3.05, 3.63) is 17.6 Å². The molecule has 0 unspecified atom stereocenters. The Bertz CT molecular complexity index is 874. The van der Waals surface area contributed by atoms with E-state index in [1.54, 1.807) is 7.11 Å². The minimum Gasteiger partial charge on any atom is -0.491 e. The van der Waals surface area contributed by atoms with Gasteiger partial charge in [0.15, 0.2) is 11.4 Å². The van der Waals surface area contributed by atoms with Crippen molar-refractivity contribution in [2.75, 3.05) is 46.4 Å². The summed E-state index contributed by atoms with van der Waals surface area (Å²) < 4.78 is 11.7. The molecule has 2 saturated heterocycles. The highest BCUT2D eigenvalue weighted by Gasteiger charge is 2.26.